The summed E-state index contributed by atoms with van der Waals surface area (Å²) in [6.45, 7) is 2.64. The Kier molecular flexibility index (Phi) is 5.28. The van der Waals surface area contributed by atoms with Crippen molar-refractivity contribution in [3.8, 4) is 0 Å². The van der Waals surface area contributed by atoms with Crippen LogP contribution >= 0.6 is 34.8 Å². The summed E-state index contributed by atoms with van der Waals surface area (Å²) in [6.07, 6.45) is 0. The quantitative estimate of drug-likeness (QED) is 0.781. The van der Waals surface area contributed by atoms with Gasteiger partial charge >= 0.3 is 0 Å². The average Bonchev–Trinajstić information content (AvgIpc) is 2.43. The van der Waals surface area contributed by atoms with Crippen LogP contribution in [0.5, 0.6) is 0 Å². The van der Waals surface area contributed by atoms with Gasteiger partial charge in [0, 0.05) is 5.02 Å². The number of halogens is 4. The van der Waals surface area contributed by atoms with Crippen LogP contribution in [0, 0.1) is 5.82 Å². The first-order valence-electron chi connectivity index (χ1n) is 6.16. The third-order valence-corrected chi connectivity index (χ3v) is 4.15. The summed E-state index contributed by atoms with van der Waals surface area (Å²) in [7, 11) is 0. The van der Waals surface area contributed by atoms with E-state index in [1.54, 1.807) is 12.1 Å². The predicted molar refractivity (Wildman–Crippen MR) is 83.4 cm³/mol. The van der Waals surface area contributed by atoms with Gasteiger partial charge in [-0.3, -0.25) is 0 Å². The lowest BCUT2D eigenvalue weighted by Crippen LogP contribution is -2.22. The van der Waals surface area contributed by atoms with Crippen LogP contribution in [0.2, 0.25) is 15.1 Å². The van der Waals surface area contributed by atoms with Gasteiger partial charge in [-0.05, 0) is 41.9 Å². The highest BCUT2D eigenvalue weighted by atomic mass is 35.5. The molecular weight excluding hydrogens is 320 g/mol. The van der Waals surface area contributed by atoms with Crippen molar-refractivity contribution >= 4 is 34.8 Å². The van der Waals surface area contributed by atoms with E-state index in [0.717, 1.165) is 5.56 Å². The van der Waals surface area contributed by atoms with Crippen LogP contribution in [0.1, 0.15) is 24.1 Å². The molecule has 0 aliphatic carbocycles. The van der Waals surface area contributed by atoms with Gasteiger partial charge in [-0.15, -0.1) is 0 Å². The van der Waals surface area contributed by atoms with Gasteiger partial charge in [0.1, 0.15) is 5.82 Å². The van der Waals surface area contributed by atoms with Crippen molar-refractivity contribution in [3.05, 3.63) is 68.4 Å². The van der Waals surface area contributed by atoms with Gasteiger partial charge in [0.15, 0.2) is 0 Å². The molecule has 1 N–H and O–H groups in total. The van der Waals surface area contributed by atoms with Crippen molar-refractivity contribution in [3.63, 3.8) is 0 Å². The zero-order valence-electron chi connectivity index (χ0n) is 10.8. The maximum absolute atomic E-state index is 13.5. The molecule has 0 aliphatic rings. The minimum absolute atomic E-state index is 0.311. The molecule has 0 aliphatic heterocycles. The summed E-state index contributed by atoms with van der Waals surface area (Å²) in [5.74, 6) is -0.342. The van der Waals surface area contributed by atoms with E-state index >= 15 is 0 Å². The Morgan fingerprint density at radius 2 is 1.80 bits per heavy atom. The molecule has 0 heterocycles. The van der Waals surface area contributed by atoms with E-state index in [2.05, 4.69) is 5.32 Å². The van der Waals surface area contributed by atoms with Crippen molar-refractivity contribution in [1.29, 1.82) is 0 Å². The third-order valence-electron chi connectivity index (χ3n) is 2.97. The molecule has 2 aromatic carbocycles. The van der Waals surface area contributed by atoms with Crippen LogP contribution in [0.3, 0.4) is 0 Å². The van der Waals surface area contributed by atoms with Crippen molar-refractivity contribution in [2.24, 2.45) is 0 Å². The van der Waals surface area contributed by atoms with Gasteiger partial charge in [-0.1, -0.05) is 53.9 Å². The lowest BCUT2D eigenvalue weighted by molar-refractivity contribution is 0.603. The molecule has 2 aromatic rings. The van der Waals surface area contributed by atoms with Crippen LogP contribution in [-0.2, 0) is 0 Å². The Balaban J connectivity index is 2.56. The molecule has 0 aromatic heterocycles. The minimum atomic E-state index is -0.342. The van der Waals surface area contributed by atoms with Gasteiger partial charge in [0.25, 0.3) is 0 Å². The Morgan fingerprint density at radius 3 is 2.50 bits per heavy atom. The van der Waals surface area contributed by atoms with Crippen LogP contribution < -0.4 is 5.32 Å². The third kappa shape index (κ3) is 3.26. The summed E-state index contributed by atoms with van der Waals surface area (Å²) in [6, 6.07) is 9.33. The molecule has 5 heteroatoms. The molecule has 0 fully saturated rings. The molecule has 1 unspecified atom stereocenters. The van der Waals surface area contributed by atoms with E-state index in [1.165, 1.54) is 18.2 Å². The number of benzene rings is 2. The van der Waals surface area contributed by atoms with Gasteiger partial charge < -0.3 is 5.32 Å². The SMILES string of the molecule is CCNC(c1cc(F)ccc1Cl)c1cccc(Cl)c1Cl. The molecule has 1 nitrogen and oxygen atoms in total. The van der Waals surface area contributed by atoms with E-state index < -0.39 is 0 Å². The smallest absolute Gasteiger partial charge is 0.123 e. The Morgan fingerprint density at radius 1 is 1.05 bits per heavy atom. The lowest BCUT2D eigenvalue weighted by Gasteiger charge is -2.21. The van der Waals surface area contributed by atoms with Crippen LogP contribution in [0.25, 0.3) is 0 Å². The molecule has 1 atom stereocenters. The summed E-state index contributed by atoms with van der Waals surface area (Å²) in [5, 5.41) is 4.64. The van der Waals surface area contributed by atoms with E-state index in [-0.39, 0.29) is 11.9 Å². The second-order valence-electron chi connectivity index (χ2n) is 4.30. The van der Waals surface area contributed by atoms with Gasteiger partial charge in [0.2, 0.25) is 0 Å². The topological polar surface area (TPSA) is 12.0 Å². The molecule has 106 valence electrons. The summed E-state index contributed by atoms with van der Waals surface area (Å²) < 4.78 is 13.5. The summed E-state index contributed by atoms with van der Waals surface area (Å²) >= 11 is 18.5. The summed E-state index contributed by atoms with van der Waals surface area (Å²) in [4.78, 5) is 0. The van der Waals surface area contributed by atoms with E-state index in [9.17, 15) is 4.39 Å². The highest BCUT2D eigenvalue weighted by Crippen LogP contribution is 2.35. The molecule has 0 saturated heterocycles. The minimum Gasteiger partial charge on any atom is -0.306 e. The predicted octanol–water partition coefficient (Wildman–Crippen LogP) is 5.48. The number of nitrogens with one attached hydrogen (secondary N) is 1. The fourth-order valence-electron chi connectivity index (χ4n) is 2.07. The zero-order valence-corrected chi connectivity index (χ0v) is 13.0. The maximum atomic E-state index is 13.5. The molecule has 0 spiro atoms. The molecule has 0 amide bonds. The molecule has 0 radical (unpaired) electrons. The number of rotatable bonds is 4. The fraction of sp³-hybridized carbons (Fsp3) is 0.200. The highest BCUT2D eigenvalue weighted by Gasteiger charge is 2.20. The van der Waals surface area contributed by atoms with Crippen LogP contribution in [-0.4, -0.2) is 6.54 Å². The molecule has 0 bridgehead atoms. The molecule has 0 saturated carbocycles. The molecular formula is C15H13Cl3FN. The van der Waals surface area contributed by atoms with Crippen molar-refractivity contribution in [1.82, 2.24) is 5.32 Å². The van der Waals surface area contributed by atoms with Crippen LogP contribution in [0.15, 0.2) is 36.4 Å². The normalized spacial score (nSPS) is 12.4. The van der Waals surface area contributed by atoms with Gasteiger partial charge in [-0.2, -0.15) is 0 Å². The second-order valence-corrected chi connectivity index (χ2v) is 5.49. The average molecular weight is 333 g/mol. The Labute approximate surface area is 132 Å². The molecule has 2 rings (SSSR count). The highest BCUT2D eigenvalue weighted by molar-refractivity contribution is 6.42. The van der Waals surface area contributed by atoms with E-state index in [0.29, 0.717) is 27.2 Å². The van der Waals surface area contributed by atoms with E-state index in [4.69, 9.17) is 34.8 Å². The standard InChI is InChI=1S/C15H13Cl3FN/c1-2-20-15(10-4-3-5-13(17)14(10)18)11-8-9(19)6-7-12(11)16/h3-8,15,20H,2H2,1H3. The van der Waals surface area contributed by atoms with Gasteiger partial charge in [-0.25, -0.2) is 4.39 Å². The Bertz CT molecular complexity index is 614. The zero-order chi connectivity index (χ0) is 14.7. The number of hydrogen-bond acceptors (Lipinski definition) is 1. The first kappa shape index (κ1) is 15.6. The Hall–Kier alpha value is -0.800. The van der Waals surface area contributed by atoms with E-state index in [1.807, 2.05) is 13.0 Å². The monoisotopic (exact) mass is 331 g/mol. The van der Waals surface area contributed by atoms with Crippen LogP contribution in [0.4, 0.5) is 4.39 Å². The van der Waals surface area contributed by atoms with Gasteiger partial charge in [0.05, 0.1) is 16.1 Å². The van der Waals surface area contributed by atoms with Crippen molar-refractivity contribution in [2.45, 2.75) is 13.0 Å². The first-order valence-corrected chi connectivity index (χ1v) is 7.30. The largest absolute Gasteiger partial charge is 0.306 e. The van der Waals surface area contributed by atoms with Crippen molar-refractivity contribution in [2.75, 3.05) is 6.54 Å². The maximum Gasteiger partial charge on any atom is 0.123 e. The fourth-order valence-corrected chi connectivity index (χ4v) is 2.71. The lowest BCUT2D eigenvalue weighted by atomic mass is 9.98. The summed E-state index contributed by atoms with van der Waals surface area (Å²) in [5.41, 5.74) is 1.41. The number of hydrogen-bond donors (Lipinski definition) is 1. The molecule has 20 heavy (non-hydrogen) atoms. The first-order chi connectivity index (χ1) is 9.54. The second kappa shape index (κ2) is 6.77. The van der Waals surface area contributed by atoms with Crippen molar-refractivity contribution < 1.29 is 4.39 Å².